The highest BCUT2D eigenvalue weighted by Gasteiger charge is 2.38. The number of ether oxygens (including phenoxy) is 1. The van der Waals surface area contributed by atoms with E-state index in [0.29, 0.717) is 24.3 Å². The Labute approximate surface area is 121 Å². The Bertz CT molecular complexity index is 534. The van der Waals surface area contributed by atoms with E-state index in [1.165, 1.54) is 17.5 Å². The minimum Gasteiger partial charge on any atom is -0.496 e. The van der Waals surface area contributed by atoms with E-state index in [9.17, 15) is 0 Å². The van der Waals surface area contributed by atoms with Crippen LogP contribution in [0, 0.1) is 23.2 Å². The monoisotopic (exact) mass is 270 g/mol. The third-order valence-electron chi connectivity index (χ3n) is 5.02. The van der Waals surface area contributed by atoms with Crippen molar-refractivity contribution in [2.75, 3.05) is 20.7 Å². The number of piperidine rings is 1. The van der Waals surface area contributed by atoms with E-state index in [1.54, 1.807) is 7.11 Å². The SMILES string of the molecule is COc1cccc2c1C[C@H]1C[C@@H](CC#N)CN(C)[C@@H]1C2. The summed E-state index contributed by atoms with van der Waals surface area (Å²) < 4.78 is 5.53. The van der Waals surface area contributed by atoms with Gasteiger partial charge in [0.05, 0.1) is 13.2 Å². The second kappa shape index (κ2) is 5.46. The molecule has 106 valence electrons. The third-order valence-corrected chi connectivity index (χ3v) is 5.02. The molecule has 0 amide bonds. The van der Waals surface area contributed by atoms with Crippen LogP contribution in [0.25, 0.3) is 0 Å². The van der Waals surface area contributed by atoms with Gasteiger partial charge in [0.1, 0.15) is 5.75 Å². The van der Waals surface area contributed by atoms with Crippen molar-refractivity contribution in [3.63, 3.8) is 0 Å². The van der Waals surface area contributed by atoms with Crippen LogP contribution in [0.2, 0.25) is 0 Å². The molecule has 1 aliphatic heterocycles. The molecule has 1 aliphatic carbocycles. The van der Waals surface area contributed by atoms with Gasteiger partial charge in [-0.05, 0) is 55.3 Å². The number of hydrogen-bond acceptors (Lipinski definition) is 3. The number of likely N-dealkylation sites (tertiary alicyclic amines) is 1. The smallest absolute Gasteiger partial charge is 0.122 e. The first kappa shape index (κ1) is 13.5. The molecule has 1 heterocycles. The van der Waals surface area contributed by atoms with Gasteiger partial charge in [-0.3, -0.25) is 0 Å². The highest BCUT2D eigenvalue weighted by Crippen LogP contribution is 2.40. The van der Waals surface area contributed by atoms with Gasteiger partial charge >= 0.3 is 0 Å². The number of benzene rings is 1. The molecule has 3 atom stereocenters. The first-order valence-corrected chi connectivity index (χ1v) is 7.45. The fraction of sp³-hybridized carbons (Fsp3) is 0.588. The fourth-order valence-corrected chi connectivity index (χ4v) is 4.09. The number of hydrogen-bond donors (Lipinski definition) is 0. The van der Waals surface area contributed by atoms with Gasteiger partial charge < -0.3 is 9.64 Å². The van der Waals surface area contributed by atoms with Gasteiger partial charge in [-0.2, -0.15) is 5.26 Å². The first-order chi connectivity index (χ1) is 9.72. The number of nitriles is 1. The Morgan fingerprint density at radius 3 is 3.00 bits per heavy atom. The highest BCUT2D eigenvalue weighted by atomic mass is 16.5. The molecule has 3 nitrogen and oxygen atoms in total. The van der Waals surface area contributed by atoms with Crippen molar-refractivity contribution in [3.05, 3.63) is 29.3 Å². The predicted octanol–water partition coefficient (Wildman–Crippen LogP) is 2.64. The van der Waals surface area contributed by atoms with Gasteiger partial charge in [-0.1, -0.05) is 12.1 Å². The Morgan fingerprint density at radius 1 is 1.40 bits per heavy atom. The van der Waals surface area contributed by atoms with Gasteiger partial charge in [-0.15, -0.1) is 0 Å². The lowest BCUT2D eigenvalue weighted by molar-refractivity contribution is 0.0727. The molecule has 1 saturated heterocycles. The predicted molar refractivity (Wildman–Crippen MR) is 78.6 cm³/mol. The molecule has 0 N–H and O–H groups in total. The normalized spacial score (nSPS) is 29.1. The van der Waals surface area contributed by atoms with Crippen molar-refractivity contribution < 1.29 is 4.74 Å². The minimum absolute atomic E-state index is 0.530. The molecule has 0 spiro atoms. The van der Waals surface area contributed by atoms with Crippen LogP contribution in [0.1, 0.15) is 24.0 Å². The number of nitrogens with zero attached hydrogens (tertiary/aromatic N) is 2. The lowest BCUT2D eigenvalue weighted by atomic mass is 9.72. The van der Waals surface area contributed by atoms with Crippen molar-refractivity contribution in [3.8, 4) is 11.8 Å². The van der Waals surface area contributed by atoms with Crippen molar-refractivity contribution in [1.82, 2.24) is 4.90 Å². The summed E-state index contributed by atoms with van der Waals surface area (Å²) in [4.78, 5) is 2.47. The molecule has 0 bridgehead atoms. The van der Waals surface area contributed by atoms with Crippen LogP contribution in [0.4, 0.5) is 0 Å². The molecule has 3 heteroatoms. The van der Waals surface area contributed by atoms with E-state index in [2.05, 4.69) is 36.2 Å². The zero-order valence-corrected chi connectivity index (χ0v) is 12.3. The Hall–Kier alpha value is -1.53. The maximum absolute atomic E-state index is 8.95. The summed E-state index contributed by atoms with van der Waals surface area (Å²) in [5.74, 6) is 2.23. The molecule has 20 heavy (non-hydrogen) atoms. The standard InChI is InChI=1S/C17H22N2O/c1-19-11-12(6-7-18)8-14-9-15-13(10-16(14)19)4-3-5-17(15)20-2/h3-5,12,14,16H,6,8-11H2,1-2H3/t12-,14-,16-/m1/s1. The third kappa shape index (κ3) is 2.29. The van der Waals surface area contributed by atoms with Crippen LogP contribution >= 0.6 is 0 Å². The molecule has 0 unspecified atom stereocenters. The van der Waals surface area contributed by atoms with E-state index >= 15 is 0 Å². The summed E-state index contributed by atoms with van der Waals surface area (Å²) >= 11 is 0. The van der Waals surface area contributed by atoms with Gasteiger partial charge in [0, 0.05) is 19.0 Å². The average molecular weight is 270 g/mol. The zero-order valence-electron chi connectivity index (χ0n) is 12.3. The number of likely N-dealkylation sites (N-methyl/N-ethyl adjacent to an activating group) is 1. The van der Waals surface area contributed by atoms with Gasteiger partial charge in [-0.25, -0.2) is 0 Å². The van der Waals surface area contributed by atoms with Gasteiger partial charge in [0.2, 0.25) is 0 Å². The molecule has 1 fully saturated rings. The van der Waals surface area contributed by atoms with Crippen molar-refractivity contribution in [2.45, 2.75) is 31.7 Å². The van der Waals surface area contributed by atoms with E-state index < -0.39 is 0 Å². The summed E-state index contributed by atoms with van der Waals surface area (Å²) in [6, 6.07) is 9.38. The molecule has 2 aliphatic rings. The fourth-order valence-electron chi connectivity index (χ4n) is 4.09. The van der Waals surface area contributed by atoms with Crippen LogP contribution < -0.4 is 4.74 Å². The second-order valence-electron chi connectivity index (χ2n) is 6.24. The average Bonchev–Trinajstić information content (AvgIpc) is 2.45. The van der Waals surface area contributed by atoms with Gasteiger partial charge in [0.25, 0.3) is 0 Å². The van der Waals surface area contributed by atoms with Crippen molar-refractivity contribution >= 4 is 0 Å². The summed E-state index contributed by atoms with van der Waals surface area (Å²) in [6.45, 7) is 1.06. The first-order valence-electron chi connectivity index (χ1n) is 7.45. The molecular formula is C17H22N2O. The minimum atomic E-state index is 0.530. The molecule has 0 saturated carbocycles. The van der Waals surface area contributed by atoms with E-state index in [4.69, 9.17) is 10.00 Å². The molecule has 1 aromatic rings. The lowest BCUT2D eigenvalue weighted by Gasteiger charge is -2.45. The van der Waals surface area contributed by atoms with E-state index in [1.807, 2.05) is 0 Å². The highest BCUT2D eigenvalue weighted by molar-refractivity contribution is 5.43. The van der Waals surface area contributed by atoms with Crippen molar-refractivity contribution in [1.29, 1.82) is 5.26 Å². The van der Waals surface area contributed by atoms with E-state index in [0.717, 1.165) is 25.1 Å². The quantitative estimate of drug-likeness (QED) is 0.829. The molecular weight excluding hydrogens is 248 g/mol. The summed E-state index contributed by atoms with van der Waals surface area (Å²) in [5.41, 5.74) is 2.83. The summed E-state index contributed by atoms with van der Waals surface area (Å²) in [7, 11) is 3.97. The lowest BCUT2D eigenvalue weighted by Crippen LogP contribution is -2.50. The van der Waals surface area contributed by atoms with E-state index in [-0.39, 0.29) is 0 Å². The van der Waals surface area contributed by atoms with Crippen LogP contribution in [-0.4, -0.2) is 31.6 Å². The maximum Gasteiger partial charge on any atom is 0.122 e. The Kier molecular flexibility index (Phi) is 3.67. The van der Waals surface area contributed by atoms with Crippen LogP contribution in [-0.2, 0) is 12.8 Å². The molecule has 1 aromatic carbocycles. The van der Waals surface area contributed by atoms with Crippen molar-refractivity contribution in [2.24, 2.45) is 11.8 Å². The largest absolute Gasteiger partial charge is 0.496 e. The van der Waals surface area contributed by atoms with Gasteiger partial charge in [0.15, 0.2) is 0 Å². The van der Waals surface area contributed by atoms with Crippen LogP contribution in [0.15, 0.2) is 18.2 Å². The summed E-state index contributed by atoms with van der Waals surface area (Å²) in [5, 5.41) is 8.95. The van der Waals surface area contributed by atoms with Crippen LogP contribution in [0.5, 0.6) is 5.75 Å². The molecule has 0 radical (unpaired) electrons. The second-order valence-corrected chi connectivity index (χ2v) is 6.24. The van der Waals surface area contributed by atoms with Crippen LogP contribution in [0.3, 0.4) is 0 Å². The maximum atomic E-state index is 8.95. The summed E-state index contributed by atoms with van der Waals surface area (Å²) in [6.07, 6.45) is 4.08. The number of fused-ring (bicyclic) bond motifs is 2. The zero-order chi connectivity index (χ0) is 14.1. The molecule has 3 rings (SSSR count). The Balaban J connectivity index is 1.87. The molecule has 0 aromatic heterocycles. The number of methoxy groups -OCH3 is 1. The Morgan fingerprint density at radius 2 is 2.25 bits per heavy atom. The topological polar surface area (TPSA) is 36.3 Å². The number of rotatable bonds is 2.